The van der Waals surface area contributed by atoms with Gasteiger partial charge in [0.15, 0.2) is 0 Å². The molecule has 2 amide bonds. The third-order valence-electron chi connectivity index (χ3n) is 7.62. The van der Waals surface area contributed by atoms with E-state index in [0.29, 0.717) is 30.0 Å². The summed E-state index contributed by atoms with van der Waals surface area (Å²) in [6.45, 7) is 2.67. The van der Waals surface area contributed by atoms with Crippen molar-refractivity contribution in [3.63, 3.8) is 0 Å². The largest absolute Gasteiger partial charge is 0.465 e. The summed E-state index contributed by atoms with van der Waals surface area (Å²) in [4.78, 5) is 44.6. The molecular formula is C27H31ClN2O6. The van der Waals surface area contributed by atoms with Crippen LogP contribution in [0.4, 0.5) is 5.69 Å². The number of ether oxygens (including phenoxy) is 2. The van der Waals surface area contributed by atoms with Crippen molar-refractivity contribution in [3.8, 4) is 0 Å². The summed E-state index contributed by atoms with van der Waals surface area (Å²) in [5.74, 6) is -2.81. The fourth-order valence-corrected chi connectivity index (χ4v) is 6.38. The van der Waals surface area contributed by atoms with Gasteiger partial charge in [0.2, 0.25) is 5.91 Å². The molecule has 2 fully saturated rings. The molecule has 5 atom stereocenters. The van der Waals surface area contributed by atoms with Crippen LogP contribution in [0.3, 0.4) is 0 Å². The van der Waals surface area contributed by atoms with E-state index in [-0.39, 0.29) is 38.1 Å². The van der Waals surface area contributed by atoms with Gasteiger partial charge in [-0.2, -0.15) is 0 Å². The third-order valence-corrected chi connectivity index (χ3v) is 7.92. The number of para-hydroxylation sites is 1. The molecule has 0 radical (unpaired) electrons. The molecule has 4 aliphatic heterocycles. The second-order valence-electron chi connectivity index (χ2n) is 9.80. The van der Waals surface area contributed by atoms with E-state index in [1.807, 2.05) is 37.3 Å². The Bertz CT molecular complexity index is 1100. The Kier molecular flexibility index (Phi) is 6.94. The van der Waals surface area contributed by atoms with Crippen LogP contribution in [0.5, 0.6) is 0 Å². The Morgan fingerprint density at radius 2 is 2.00 bits per heavy atom. The Balaban J connectivity index is 1.61. The van der Waals surface area contributed by atoms with Crippen LogP contribution in [0.25, 0.3) is 0 Å². The van der Waals surface area contributed by atoms with Crippen molar-refractivity contribution in [1.29, 1.82) is 0 Å². The highest BCUT2D eigenvalue weighted by Crippen LogP contribution is 2.53. The quantitative estimate of drug-likeness (QED) is 0.369. The van der Waals surface area contributed by atoms with Crippen molar-refractivity contribution in [2.75, 3.05) is 31.2 Å². The standard InChI is InChI=1S/C27H31ClN2O6/c1-17-9-7-10-18(28)22(17)29-14-8-12-27-21(20-19(36-27)11-3-2-6-16-35-26(20)34)24(32)30(13-4-5-15-31)23(27)25(29)33/h3,7-12,19-21,23,31H,2,4-6,13-16H2,1H3/b11-3-/t19-,20+,21+,23?,27+/m1/s1. The topological polar surface area (TPSA) is 96.4 Å². The number of esters is 1. The van der Waals surface area contributed by atoms with Crippen LogP contribution in [0.2, 0.25) is 5.02 Å². The van der Waals surface area contributed by atoms with Crippen LogP contribution in [0.1, 0.15) is 31.2 Å². The smallest absolute Gasteiger partial charge is 0.312 e. The molecule has 1 unspecified atom stereocenters. The number of unbranched alkanes of at least 4 members (excludes halogenated alkanes) is 1. The zero-order valence-electron chi connectivity index (χ0n) is 20.3. The van der Waals surface area contributed by atoms with E-state index in [1.165, 1.54) is 4.90 Å². The van der Waals surface area contributed by atoms with Gasteiger partial charge < -0.3 is 24.4 Å². The third kappa shape index (κ3) is 3.96. The van der Waals surface area contributed by atoms with Gasteiger partial charge in [-0.25, -0.2) is 0 Å². The molecule has 0 saturated carbocycles. The van der Waals surface area contributed by atoms with Gasteiger partial charge in [0.25, 0.3) is 5.91 Å². The summed E-state index contributed by atoms with van der Waals surface area (Å²) in [6.07, 6.45) is 9.20. The van der Waals surface area contributed by atoms with Gasteiger partial charge in [0, 0.05) is 19.7 Å². The summed E-state index contributed by atoms with van der Waals surface area (Å²) < 4.78 is 12.1. The molecule has 1 aromatic carbocycles. The van der Waals surface area contributed by atoms with E-state index in [0.717, 1.165) is 12.0 Å². The molecule has 0 bridgehead atoms. The number of hydrogen-bond donors (Lipinski definition) is 1. The second kappa shape index (κ2) is 10.00. The Hall–Kier alpha value is -2.68. The highest BCUT2D eigenvalue weighted by Gasteiger charge is 2.71. The normalized spacial score (nSPS) is 32.7. The molecule has 1 aromatic rings. The lowest BCUT2D eigenvalue weighted by Crippen LogP contribution is -2.55. The van der Waals surface area contributed by atoms with Crippen LogP contribution >= 0.6 is 11.6 Å². The minimum absolute atomic E-state index is 0.0155. The van der Waals surface area contributed by atoms with Crippen LogP contribution < -0.4 is 4.90 Å². The number of fused-ring (bicyclic) bond motifs is 2. The molecule has 0 aromatic heterocycles. The zero-order valence-corrected chi connectivity index (χ0v) is 21.0. The van der Waals surface area contributed by atoms with Gasteiger partial charge in [-0.1, -0.05) is 48.0 Å². The number of rotatable bonds is 5. The maximum atomic E-state index is 14.3. The molecule has 9 heteroatoms. The van der Waals surface area contributed by atoms with Gasteiger partial charge in [0.1, 0.15) is 17.6 Å². The number of hydrogen-bond acceptors (Lipinski definition) is 6. The van der Waals surface area contributed by atoms with E-state index in [4.69, 9.17) is 21.1 Å². The Morgan fingerprint density at radius 1 is 1.17 bits per heavy atom. The number of aryl methyl sites for hydroxylation is 1. The number of benzene rings is 1. The van der Waals surface area contributed by atoms with Crippen LogP contribution in [-0.4, -0.2) is 71.8 Å². The molecule has 0 aliphatic carbocycles. The number of allylic oxidation sites excluding steroid dienone is 1. The van der Waals surface area contributed by atoms with Crippen molar-refractivity contribution >= 4 is 35.1 Å². The minimum Gasteiger partial charge on any atom is -0.465 e. The second-order valence-corrected chi connectivity index (χ2v) is 10.2. The van der Waals surface area contributed by atoms with E-state index in [1.54, 1.807) is 17.0 Å². The van der Waals surface area contributed by atoms with E-state index in [9.17, 15) is 19.5 Å². The van der Waals surface area contributed by atoms with Crippen LogP contribution in [0, 0.1) is 18.8 Å². The first-order valence-electron chi connectivity index (χ1n) is 12.6. The first-order valence-corrected chi connectivity index (χ1v) is 12.9. The van der Waals surface area contributed by atoms with Gasteiger partial charge in [0.05, 0.1) is 29.3 Å². The molecular weight excluding hydrogens is 484 g/mol. The molecule has 2 saturated heterocycles. The Morgan fingerprint density at radius 3 is 2.78 bits per heavy atom. The summed E-state index contributed by atoms with van der Waals surface area (Å²) in [5.41, 5.74) is 0.122. The lowest BCUT2D eigenvalue weighted by atomic mass is 9.78. The molecule has 4 heterocycles. The van der Waals surface area contributed by atoms with Gasteiger partial charge >= 0.3 is 5.97 Å². The number of nitrogens with zero attached hydrogens (tertiary/aromatic N) is 2. The monoisotopic (exact) mass is 514 g/mol. The van der Waals surface area contributed by atoms with Crippen molar-refractivity contribution in [2.24, 2.45) is 11.8 Å². The Labute approximate surface area is 215 Å². The maximum Gasteiger partial charge on any atom is 0.312 e. The molecule has 1 spiro atoms. The van der Waals surface area contributed by atoms with Crippen molar-refractivity contribution in [1.82, 2.24) is 4.90 Å². The van der Waals surface area contributed by atoms with E-state index < -0.39 is 35.6 Å². The minimum atomic E-state index is -1.31. The summed E-state index contributed by atoms with van der Waals surface area (Å²) in [5, 5.41) is 9.76. The van der Waals surface area contributed by atoms with E-state index in [2.05, 4.69) is 0 Å². The predicted octanol–water partition coefficient (Wildman–Crippen LogP) is 2.80. The van der Waals surface area contributed by atoms with Crippen molar-refractivity contribution in [2.45, 2.75) is 50.4 Å². The van der Waals surface area contributed by atoms with Gasteiger partial charge in [-0.3, -0.25) is 14.4 Å². The van der Waals surface area contributed by atoms with Crippen LogP contribution in [0.15, 0.2) is 42.5 Å². The molecule has 8 nitrogen and oxygen atoms in total. The first kappa shape index (κ1) is 25.0. The number of amides is 2. The number of carbonyl (C=O) groups is 3. The molecule has 36 heavy (non-hydrogen) atoms. The summed E-state index contributed by atoms with van der Waals surface area (Å²) in [6, 6.07) is 4.48. The summed E-state index contributed by atoms with van der Waals surface area (Å²) in [7, 11) is 0. The number of aliphatic hydroxyl groups excluding tert-OH is 1. The van der Waals surface area contributed by atoms with Crippen molar-refractivity contribution < 1.29 is 29.0 Å². The zero-order chi connectivity index (χ0) is 25.4. The number of anilines is 1. The van der Waals surface area contributed by atoms with E-state index >= 15 is 0 Å². The maximum absolute atomic E-state index is 14.3. The number of cyclic esters (lactones) is 1. The first-order chi connectivity index (χ1) is 17.4. The SMILES string of the molecule is Cc1cccc(Cl)c1N1CC=C[C@]23O[C@@H]4/C=C\CCCOC(=O)[C@@H]4[C@H]2C(=O)N(CCCCO)C3C1=O. The molecule has 1 N–H and O–H groups in total. The molecule has 4 aliphatic rings. The lowest BCUT2D eigenvalue weighted by Gasteiger charge is -2.36. The number of halogens is 1. The average Bonchev–Trinajstić information content (AvgIpc) is 3.25. The highest BCUT2D eigenvalue weighted by molar-refractivity contribution is 6.34. The number of aliphatic hydroxyl groups is 1. The van der Waals surface area contributed by atoms with Gasteiger partial charge in [-0.15, -0.1) is 0 Å². The van der Waals surface area contributed by atoms with Crippen LogP contribution in [-0.2, 0) is 23.9 Å². The number of likely N-dealkylation sites (tertiary alicyclic amines) is 1. The fourth-order valence-electron chi connectivity index (χ4n) is 6.05. The van der Waals surface area contributed by atoms with Gasteiger partial charge in [-0.05, 0) is 44.2 Å². The van der Waals surface area contributed by atoms with Crippen molar-refractivity contribution in [3.05, 3.63) is 53.1 Å². The molecule has 192 valence electrons. The highest BCUT2D eigenvalue weighted by atomic mass is 35.5. The average molecular weight is 515 g/mol. The number of carbonyl (C=O) groups excluding carboxylic acids is 3. The predicted molar refractivity (Wildman–Crippen MR) is 133 cm³/mol. The fraction of sp³-hybridized carbons (Fsp3) is 0.519. The summed E-state index contributed by atoms with van der Waals surface area (Å²) >= 11 is 6.54. The molecule has 5 rings (SSSR count). The lowest BCUT2D eigenvalue weighted by molar-refractivity contribution is -0.154.